The average molecular weight is 599 g/mol. The molecule has 0 spiro atoms. The van der Waals surface area contributed by atoms with E-state index in [1.54, 1.807) is 74.1 Å². The molecular formula is C29H31ClN4O6S. The molecule has 12 heteroatoms. The molecule has 0 saturated heterocycles. The topological polar surface area (TPSA) is 135 Å². The Labute approximate surface area is 244 Å². The molecular weight excluding hydrogens is 568 g/mol. The highest BCUT2D eigenvalue weighted by Gasteiger charge is 2.27. The molecule has 1 heterocycles. The Hall–Kier alpha value is -3.90. The predicted molar refractivity (Wildman–Crippen MR) is 155 cm³/mol. The second kappa shape index (κ2) is 13.2. The van der Waals surface area contributed by atoms with Crippen LogP contribution in [0.25, 0.3) is 5.69 Å². The lowest BCUT2D eigenvalue weighted by Crippen LogP contribution is -2.26. The van der Waals surface area contributed by atoms with E-state index in [9.17, 15) is 13.2 Å². The molecule has 4 aromatic rings. The second-order valence-corrected chi connectivity index (χ2v) is 11.3. The van der Waals surface area contributed by atoms with Crippen LogP contribution in [0.15, 0.2) is 78.0 Å². The van der Waals surface area contributed by atoms with E-state index in [-0.39, 0.29) is 17.1 Å². The first-order chi connectivity index (χ1) is 19.7. The number of benzene rings is 3. The third-order valence-electron chi connectivity index (χ3n) is 6.53. The Kier molecular flexibility index (Phi) is 9.66. The lowest BCUT2D eigenvalue weighted by atomic mass is 9.90. The minimum atomic E-state index is -4.17. The van der Waals surface area contributed by atoms with Gasteiger partial charge in [0.25, 0.3) is 0 Å². The van der Waals surface area contributed by atoms with Crippen molar-refractivity contribution in [1.29, 1.82) is 0 Å². The number of halogens is 1. The number of aromatic nitrogens is 2. The number of primary amides is 1. The van der Waals surface area contributed by atoms with Crippen molar-refractivity contribution in [2.24, 2.45) is 5.73 Å². The molecule has 3 aromatic carbocycles. The number of ether oxygens (including phenoxy) is 3. The van der Waals surface area contributed by atoms with Gasteiger partial charge in [0.2, 0.25) is 15.9 Å². The quantitative estimate of drug-likeness (QED) is 0.239. The largest absolute Gasteiger partial charge is 0.497 e. The van der Waals surface area contributed by atoms with Gasteiger partial charge in [-0.15, -0.1) is 0 Å². The second-order valence-electron chi connectivity index (χ2n) is 9.12. The maximum atomic E-state index is 13.9. The molecule has 216 valence electrons. The van der Waals surface area contributed by atoms with Gasteiger partial charge in [-0.05, 0) is 47.4 Å². The number of hydrogen-bond acceptors (Lipinski definition) is 7. The van der Waals surface area contributed by atoms with E-state index in [0.29, 0.717) is 46.2 Å². The summed E-state index contributed by atoms with van der Waals surface area (Å²) in [4.78, 5) is 12.6. The Morgan fingerprint density at radius 1 is 1.07 bits per heavy atom. The fourth-order valence-electron chi connectivity index (χ4n) is 4.41. The van der Waals surface area contributed by atoms with Crippen LogP contribution in [0.1, 0.15) is 28.2 Å². The summed E-state index contributed by atoms with van der Waals surface area (Å²) in [5.74, 6) is -0.624. The van der Waals surface area contributed by atoms with E-state index in [1.807, 2.05) is 0 Å². The van der Waals surface area contributed by atoms with E-state index in [0.717, 1.165) is 5.56 Å². The number of methoxy groups -OCH3 is 3. The minimum Gasteiger partial charge on any atom is -0.497 e. The Balaban J connectivity index is 1.79. The van der Waals surface area contributed by atoms with E-state index in [1.165, 1.54) is 25.0 Å². The van der Waals surface area contributed by atoms with Gasteiger partial charge in [-0.25, -0.2) is 17.8 Å². The van der Waals surface area contributed by atoms with Gasteiger partial charge in [-0.1, -0.05) is 41.9 Å². The summed E-state index contributed by atoms with van der Waals surface area (Å²) >= 11 is 6.40. The summed E-state index contributed by atoms with van der Waals surface area (Å²) in [6.45, 7) is 0.417. The number of carbonyl (C=O) groups excluding carboxylic acids is 1. The van der Waals surface area contributed by atoms with Crippen molar-refractivity contribution in [1.82, 2.24) is 14.5 Å². The van der Waals surface area contributed by atoms with Gasteiger partial charge in [0.1, 0.15) is 16.4 Å². The monoisotopic (exact) mass is 598 g/mol. The molecule has 1 unspecified atom stereocenters. The van der Waals surface area contributed by atoms with Crippen molar-refractivity contribution < 1.29 is 27.4 Å². The smallest absolute Gasteiger partial charge is 0.243 e. The van der Waals surface area contributed by atoms with Crippen LogP contribution < -0.4 is 19.9 Å². The molecule has 1 atom stereocenters. The molecule has 0 aliphatic rings. The number of carbonyl (C=O) groups is 1. The fourth-order valence-corrected chi connectivity index (χ4v) is 5.88. The van der Waals surface area contributed by atoms with Crippen molar-refractivity contribution in [2.45, 2.75) is 23.8 Å². The molecule has 0 bridgehead atoms. The van der Waals surface area contributed by atoms with Crippen molar-refractivity contribution in [3.63, 3.8) is 0 Å². The van der Waals surface area contributed by atoms with Crippen LogP contribution >= 0.6 is 11.6 Å². The summed E-state index contributed by atoms with van der Waals surface area (Å²) in [6.07, 6.45) is 3.98. The highest BCUT2D eigenvalue weighted by molar-refractivity contribution is 7.89. The Bertz CT molecular complexity index is 1640. The summed E-state index contributed by atoms with van der Waals surface area (Å²) in [6, 6.07) is 16.6. The van der Waals surface area contributed by atoms with Gasteiger partial charge in [-0.3, -0.25) is 4.79 Å². The van der Waals surface area contributed by atoms with Crippen molar-refractivity contribution >= 4 is 27.5 Å². The van der Waals surface area contributed by atoms with E-state index >= 15 is 0 Å². The van der Waals surface area contributed by atoms with Gasteiger partial charge in [0, 0.05) is 36.5 Å². The SMILES string of the molecule is COCCc1cnn(-c2ccc(C(C(N)=O)c3ccccc3Cl)cc2S(=O)(=O)NCc2ccc(OC)cc2OC)c1. The zero-order valence-corrected chi connectivity index (χ0v) is 24.4. The maximum Gasteiger partial charge on any atom is 0.243 e. The number of rotatable bonds is 13. The highest BCUT2D eigenvalue weighted by Crippen LogP contribution is 2.33. The predicted octanol–water partition coefficient (Wildman–Crippen LogP) is 3.83. The van der Waals surface area contributed by atoms with Crippen LogP contribution in [0, 0.1) is 0 Å². The molecule has 0 fully saturated rings. The number of hydrogen-bond donors (Lipinski definition) is 2. The van der Waals surface area contributed by atoms with E-state index in [4.69, 9.17) is 31.5 Å². The maximum absolute atomic E-state index is 13.9. The molecule has 0 aliphatic heterocycles. The third-order valence-corrected chi connectivity index (χ3v) is 8.31. The first-order valence-electron chi connectivity index (χ1n) is 12.6. The lowest BCUT2D eigenvalue weighted by molar-refractivity contribution is -0.118. The van der Waals surface area contributed by atoms with Crippen LogP contribution in [0.2, 0.25) is 5.02 Å². The zero-order chi connectivity index (χ0) is 29.6. The standard InChI is InChI=1S/C29H31ClN4O6S/c1-38-13-12-19-16-32-34(18-19)25-11-9-20(28(29(31)35)23-6-4-5-7-24(23)30)14-27(25)41(36,37)33-17-21-8-10-22(39-2)15-26(21)40-3/h4-11,14-16,18,28,33H,12-13,17H2,1-3H3,(H2,31,35). The fraction of sp³-hybridized carbons (Fsp3) is 0.241. The summed E-state index contributed by atoms with van der Waals surface area (Å²) < 4.78 is 47.7. The van der Waals surface area contributed by atoms with E-state index < -0.39 is 21.8 Å². The summed E-state index contributed by atoms with van der Waals surface area (Å²) in [5, 5.41) is 4.72. The normalized spacial score (nSPS) is 12.2. The van der Waals surface area contributed by atoms with Crippen LogP contribution in [-0.4, -0.2) is 52.0 Å². The van der Waals surface area contributed by atoms with Gasteiger partial charge < -0.3 is 19.9 Å². The van der Waals surface area contributed by atoms with Crippen molar-refractivity contribution in [2.75, 3.05) is 27.9 Å². The van der Waals surface area contributed by atoms with Crippen molar-refractivity contribution in [3.8, 4) is 17.2 Å². The van der Waals surface area contributed by atoms with Crippen LogP contribution in [0.5, 0.6) is 11.5 Å². The molecule has 1 amide bonds. The summed E-state index contributed by atoms with van der Waals surface area (Å²) in [5.41, 5.74) is 8.38. The summed E-state index contributed by atoms with van der Waals surface area (Å²) in [7, 11) is 0.459. The Morgan fingerprint density at radius 3 is 2.54 bits per heavy atom. The molecule has 1 aromatic heterocycles. The van der Waals surface area contributed by atoms with Crippen molar-refractivity contribution in [3.05, 3.63) is 100 Å². The molecule has 41 heavy (non-hydrogen) atoms. The van der Waals surface area contributed by atoms with E-state index in [2.05, 4.69) is 9.82 Å². The molecule has 10 nitrogen and oxygen atoms in total. The number of sulfonamides is 1. The molecule has 0 aliphatic carbocycles. The first-order valence-corrected chi connectivity index (χ1v) is 14.5. The molecule has 0 radical (unpaired) electrons. The molecule has 0 saturated carbocycles. The molecule has 3 N–H and O–H groups in total. The Morgan fingerprint density at radius 2 is 1.85 bits per heavy atom. The lowest BCUT2D eigenvalue weighted by Gasteiger charge is -2.19. The number of nitrogens with one attached hydrogen (secondary N) is 1. The first kappa shape index (κ1) is 30.1. The van der Waals surface area contributed by atoms with Gasteiger partial charge in [0.15, 0.2) is 0 Å². The number of nitrogens with zero attached hydrogens (tertiary/aromatic N) is 2. The number of amides is 1. The van der Waals surface area contributed by atoms with Crippen LogP contribution in [-0.2, 0) is 32.5 Å². The minimum absolute atomic E-state index is 0.0683. The van der Waals surface area contributed by atoms with Gasteiger partial charge >= 0.3 is 0 Å². The molecule has 4 rings (SSSR count). The zero-order valence-electron chi connectivity index (χ0n) is 22.8. The average Bonchev–Trinajstić information content (AvgIpc) is 3.44. The van der Waals surface area contributed by atoms with Gasteiger partial charge in [0.05, 0.1) is 38.6 Å². The van der Waals surface area contributed by atoms with Crippen LogP contribution in [0.3, 0.4) is 0 Å². The van der Waals surface area contributed by atoms with Gasteiger partial charge in [-0.2, -0.15) is 5.10 Å². The third kappa shape index (κ3) is 6.88. The van der Waals surface area contributed by atoms with Crippen LogP contribution in [0.4, 0.5) is 0 Å². The highest BCUT2D eigenvalue weighted by atomic mass is 35.5. The number of nitrogens with two attached hydrogens (primary N) is 1.